The Labute approximate surface area is 120 Å². The van der Waals surface area contributed by atoms with Crippen molar-refractivity contribution >= 4 is 41.7 Å². The van der Waals surface area contributed by atoms with Gasteiger partial charge in [0.15, 0.2) is 9.84 Å². The Balaban J connectivity index is 4.86. The molecule has 2 N–H and O–H groups in total. The number of hydrogen-bond donors (Lipinski definition) is 2. The molecule has 0 aliphatic rings. The summed E-state index contributed by atoms with van der Waals surface area (Å²) in [4.78, 5) is 0. The molecule has 4 nitrogen and oxygen atoms in total. The number of hydrogen-bond acceptors (Lipinski definition) is 4. The smallest absolute Gasteiger partial charge is 0.156 e. The number of rotatable bonds is 10. The van der Waals surface area contributed by atoms with Gasteiger partial charge in [0.1, 0.15) is 0 Å². The lowest BCUT2D eigenvalue weighted by Crippen LogP contribution is -2.34. The average molecular weight is 396 g/mol. The van der Waals surface area contributed by atoms with Crippen molar-refractivity contribution in [2.24, 2.45) is 0 Å². The minimum atomic E-state index is -3.29. The molecule has 0 radical (unpaired) electrons. The van der Waals surface area contributed by atoms with Crippen LogP contribution in [0, 0.1) is 0 Å². The van der Waals surface area contributed by atoms with Crippen molar-refractivity contribution in [2.45, 2.75) is 36.2 Å². The quantitative estimate of drug-likeness (QED) is 0.549. The summed E-state index contributed by atoms with van der Waals surface area (Å²) in [5.41, 5.74) is 0. The van der Waals surface area contributed by atoms with Crippen LogP contribution in [0.15, 0.2) is 0 Å². The van der Waals surface area contributed by atoms with Gasteiger partial charge in [0.2, 0.25) is 0 Å². The van der Waals surface area contributed by atoms with Crippen molar-refractivity contribution in [2.75, 3.05) is 23.9 Å². The van der Waals surface area contributed by atoms with Crippen LogP contribution in [-0.4, -0.2) is 53.0 Å². The minimum Gasteiger partial charge on any atom is -0.396 e. The molecule has 0 amide bonds. The summed E-state index contributed by atoms with van der Waals surface area (Å²) in [5, 5.41) is 18.0. The Morgan fingerprint density at radius 2 is 1.18 bits per heavy atom. The van der Waals surface area contributed by atoms with Crippen LogP contribution < -0.4 is 0 Å². The lowest BCUT2D eigenvalue weighted by atomic mass is 10.2. The standard InChI is InChI=1S/C10H20Br2O4S/c11-5-1-9(3-7-13)17(15,16)10(2-6-12)4-8-14/h9-10,13-14H,1-8H2. The lowest BCUT2D eigenvalue weighted by Gasteiger charge is -2.22. The van der Waals surface area contributed by atoms with Crippen molar-refractivity contribution in [1.82, 2.24) is 0 Å². The predicted octanol–water partition coefficient (Wildman–Crippen LogP) is 1.47. The van der Waals surface area contributed by atoms with E-state index in [2.05, 4.69) is 31.9 Å². The molecular formula is C10H20Br2O4S. The van der Waals surface area contributed by atoms with Crippen molar-refractivity contribution in [3.8, 4) is 0 Å². The van der Waals surface area contributed by atoms with Gasteiger partial charge in [-0.2, -0.15) is 0 Å². The molecule has 0 bridgehead atoms. The van der Waals surface area contributed by atoms with Gasteiger partial charge in [-0.05, 0) is 25.7 Å². The molecule has 0 saturated heterocycles. The van der Waals surface area contributed by atoms with Crippen molar-refractivity contribution in [3.63, 3.8) is 0 Å². The average Bonchev–Trinajstić information content (AvgIpc) is 2.28. The number of sulfone groups is 1. The van der Waals surface area contributed by atoms with Crippen LogP contribution in [-0.2, 0) is 9.84 Å². The largest absolute Gasteiger partial charge is 0.396 e. The Hall–Kier alpha value is 0.830. The van der Waals surface area contributed by atoms with Gasteiger partial charge >= 0.3 is 0 Å². The lowest BCUT2D eigenvalue weighted by molar-refractivity contribution is 0.279. The molecule has 2 unspecified atom stereocenters. The highest BCUT2D eigenvalue weighted by atomic mass is 79.9. The van der Waals surface area contributed by atoms with E-state index in [0.29, 0.717) is 23.5 Å². The third-order valence-corrected chi connectivity index (χ3v) is 6.41. The summed E-state index contributed by atoms with van der Waals surface area (Å²) in [6, 6.07) is 0. The number of aliphatic hydroxyl groups excluding tert-OH is 2. The van der Waals surface area contributed by atoms with Crippen molar-refractivity contribution < 1.29 is 18.6 Å². The fraction of sp³-hybridized carbons (Fsp3) is 1.00. The minimum absolute atomic E-state index is 0.128. The van der Waals surface area contributed by atoms with E-state index in [4.69, 9.17) is 10.2 Å². The van der Waals surface area contributed by atoms with Crippen LogP contribution in [0.4, 0.5) is 0 Å². The Bertz CT molecular complexity index is 248. The highest BCUT2D eigenvalue weighted by Gasteiger charge is 2.32. The van der Waals surface area contributed by atoms with E-state index >= 15 is 0 Å². The molecular weight excluding hydrogens is 376 g/mol. The molecule has 0 aromatic carbocycles. The zero-order valence-corrected chi connectivity index (χ0v) is 13.7. The zero-order chi connectivity index (χ0) is 13.3. The van der Waals surface area contributed by atoms with Gasteiger partial charge in [-0.1, -0.05) is 31.9 Å². The van der Waals surface area contributed by atoms with Crippen LogP contribution >= 0.6 is 31.9 Å². The molecule has 104 valence electrons. The molecule has 0 aromatic heterocycles. The first-order chi connectivity index (χ1) is 8.04. The highest BCUT2D eigenvalue weighted by Crippen LogP contribution is 2.22. The summed E-state index contributed by atoms with van der Waals surface area (Å²) in [6.07, 6.45) is 1.51. The molecule has 2 atom stereocenters. The molecule has 0 aliphatic heterocycles. The van der Waals surface area contributed by atoms with E-state index in [0.717, 1.165) is 0 Å². The topological polar surface area (TPSA) is 74.6 Å². The maximum absolute atomic E-state index is 12.3. The summed E-state index contributed by atoms with van der Waals surface area (Å²) >= 11 is 6.47. The van der Waals surface area contributed by atoms with E-state index in [1.54, 1.807) is 0 Å². The fourth-order valence-corrected chi connectivity index (χ4v) is 5.77. The molecule has 0 spiro atoms. The zero-order valence-electron chi connectivity index (χ0n) is 9.69. The summed E-state index contributed by atoms with van der Waals surface area (Å²) in [5.74, 6) is 0. The first-order valence-corrected chi connectivity index (χ1v) is 9.46. The van der Waals surface area contributed by atoms with Gasteiger partial charge in [0, 0.05) is 23.9 Å². The number of alkyl halides is 2. The van der Waals surface area contributed by atoms with E-state index in [1.807, 2.05) is 0 Å². The van der Waals surface area contributed by atoms with Crippen LogP contribution in [0.2, 0.25) is 0 Å². The summed E-state index contributed by atoms with van der Waals surface area (Å²) in [6.45, 7) is -0.256. The highest BCUT2D eigenvalue weighted by molar-refractivity contribution is 9.09. The molecule has 7 heteroatoms. The van der Waals surface area contributed by atoms with E-state index in [-0.39, 0.29) is 26.1 Å². The first kappa shape index (κ1) is 17.8. The summed E-state index contributed by atoms with van der Waals surface area (Å²) < 4.78 is 24.7. The van der Waals surface area contributed by atoms with Crippen molar-refractivity contribution in [1.29, 1.82) is 0 Å². The van der Waals surface area contributed by atoms with Gasteiger partial charge in [0.25, 0.3) is 0 Å². The second-order valence-corrected chi connectivity index (χ2v) is 7.91. The SMILES string of the molecule is O=S(=O)(C(CCO)CCBr)C(CCO)CCBr. The third-order valence-electron chi connectivity index (χ3n) is 2.69. The van der Waals surface area contributed by atoms with E-state index in [1.165, 1.54) is 0 Å². The van der Waals surface area contributed by atoms with Gasteiger partial charge in [-0.25, -0.2) is 8.42 Å². The van der Waals surface area contributed by atoms with Gasteiger partial charge in [-0.3, -0.25) is 0 Å². The fourth-order valence-electron chi connectivity index (χ4n) is 1.75. The Kier molecular flexibility index (Phi) is 10.2. The monoisotopic (exact) mass is 394 g/mol. The molecule has 0 fully saturated rings. The van der Waals surface area contributed by atoms with Gasteiger partial charge in [-0.15, -0.1) is 0 Å². The van der Waals surface area contributed by atoms with E-state index < -0.39 is 20.3 Å². The van der Waals surface area contributed by atoms with Crippen LogP contribution in [0.25, 0.3) is 0 Å². The van der Waals surface area contributed by atoms with Gasteiger partial charge < -0.3 is 10.2 Å². The molecule has 0 rings (SSSR count). The first-order valence-electron chi connectivity index (χ1n) is 5.60. The Morgan fingerprint density at radius 1 is 0.824 bits per heavy atom. The van der Waals surface area contributed by atoms with Gasteiger partial charge in [0.05, 0.1) is 10.5 Å². The van der Waals surface area contributed by atoms with Crippen LogP contribution in [0.1, 0.15) is 25.7 Å². The predicted molar refractivity (Wildman–Crippen MR) is 76.7 cm³/mol. The maximum Gasteiger partial charge on any atom is 0.156 e. The van der Waals surface area contributed by atoms with E-state index in [9.17, 15) is 8.42 Å². The second kappa shape index (κ2) is 9.72. The number of halogens is 2. The third kappa shape index (κ3) is 6.00. The maximum atomic E-state index is 12.3. The number of aliphatic hydroxyl groups is 2. The molecule has 0 saturated carbocycles. The summed E-state index contributed by atoms with van der Waals surface area (Å²) in [7, 11) is -3.29. The second-order valence-electron chi connectivity index (χ2n) is 3.81. The molecule has 0 aromatic rings. The Morgan fingerprint density at radius 3 is 1.41 bits per heavy atom. The molecule has 17 heavy (non-hydrogen) atoms. The van der Waals surface area contributed by atoms with Crippen molar-refractivity contribution in [3.05, 3.63) is 0 Å². The van der Waals surface area contributed by atoms with Crippen LogP contribution in [0.5, 0.6) is 0 Å². The molecule has 0 aliphatic carbocycles. The normalized spacial score (nSPS) is 15.8. The molecule has 0 heterocycles. The van der Waals surface area contributed by atoms with Crippen LogP contribution in [0.3, 0.4) is 0 Å².